The Morgan fingerprint density at radius 3 is 2.52 bits per heavy atom. The average molecular weight is 360 g/mol. The number of likely N-dealkylation sites (tertiary alicyclic amines) is 1. The number of aryl methyl sites for hydroxylation is 1. The Morgan fingerprint density at radius 1 is 1.00 bits per heavy atom. The monoisotopic (exact) mass is 359 g/mol. The van der Waals surface area contributed by atoms with E-state index in [-0.39, 0.29) is 5.41 Å². The van der Waals surface area contributed by atoms with Crippen LogP contribution in [0.1, 0.15) is 73.8 Å². The number of nitrogens with zero attached hydrogens (tertiary/aromatic N) is 1. The van der Waals surface area contributed by atoms with Crippen LogP contribution in [0.5, 0.6) is 0 Å². The first-order chi connectivity index (χ1) is 12.9. The summed E-state index contributed by atoms with van der Waals surface area (Å²) in [5, 5.41) is 0. The number of fused-ring (bicyclic) bond motifs is 1. The van der Waals surface area contributed by atoms with Crippen molar-refractivity contribution in [2.75, 3.05) is 13.1 Å². The van der Waals surface area contributed by atoms with Crippen molar-refractivity contribution < 1.29 is 0 Å². The maximum Gasteiger partial charge on any atom is 0.0233 e. The lowest BCUT2D eigenvalue weighted by atomic mass is 9.86. The van der Waals surface area contributed by atoms with Gasteiger partial charge >= 0.3 is 0 Å². The molecule has 2 aliphatic rings. The molecule has 1 aliphatic carbocycles. The van der Waals surface area contributed by atoms with Crippen LogP contribution in [0.3, 0.4) is 0 Å². The summed E-state index contributed by atoms with van der Waals surface area (Å²) < 4.78 is 0. The standard InChI is InChI=1S/C26H33N/c1-19-8-9-23-17-22(10-11-25(19)23)21-12-14-27(15-13-21)18-20-6-5-7-24(16-20)26(2,3)4/h5-7,10-11,16-17,21H,1,8-9,12-15,18H2,2-4H3. The van der Waals surface area contributed by atoms with Crippen molar-refractivity contribution >= 4 is 5.57 Å². The molecule has 1 aliphatic heterocycles. The van der Waals surface area contributed by atoms with E-state index in [9.17, 15) is 0 Å². The first-order valence-electron chi connectivity index (χ1n) is 10.5. The minimum Gasteiger partial charge on any atom is -0.299 e. The smallest absolute Gasteiger partial charge is 0.0233 e. The average Bonchev–Trinajstić information content (AvgIpc) is 3.02. The SMILES string of the molecule is C=C1CCc2cc(C3CCN(Cc4cccc(C(C)(C)C)c4)CC3)ccc21. The minimum atomic E-state index is 0.224. The Labute approximate surface area is 165 Å². The van der Waals surface area contributed by atoms with Gasteiger partial charge in [-0.05, 0) is 83.5 Å². The van der Waals surface area contributed by atoms with E-state index < -0.39 is 0 Å². The highest BCUT2D eigenvalue weighted by Crippen LogP contribution is 2.35. The van der Waals surface area contributed by atoms with Crippen LogP contribution >= 0.6 is 0 Å². The number of benzene rings is 2. The third-order valence-electron chi connectivity index (χ3n) is 6.46. The Balaban J connectivity index is 1.38. The molecule has 0 aromatic heterocycles. The third kappa shape index (κ3) is 4.04. The van der Waals surface area contributed by atoms with Crippen LogP contribution in [0.15, 0.2) is 49.0 Å². The molecule has 142 valence electrons. The molecule has 27 heavy (non-hydrogen) atoms. The second-order valence-electron chi connectivity index (χ2n) is 9.52. The third-order valence-corrected chi connectivity index (χ3v) is 6.46. The molecule has 1 fully saturated rings. The fourth-order valence-electron chi connectivity index (χ4n) is 4.66. The molecular weight excluding hydrogens is 326 g/mol. The van der Waals surface area contributed by atoms with Crippen molar-refractivity contribution in [3.63, 3.8) is 0 Å². The van der Waals surface area contributed by atoms with Crippen LogP contribution in [0, 0.1) is 0 Å². The molecule has 0 radical (unpaired) electrons. The molecule has 0 spiro atoms. The van der Waals surface area contributed by atoms with Gasteiger partial charge in [-0.25, -0.2) is 0 Å². The number of rotatable bonds is 3. The van der Waals surface area contributed by atoms with Crippen molar-refractivity contribution in [1.82, 2.24) is 4.90 Å². The maximum absolute atomic E-state index is 4.20. The van der Waals surface area contributed by atoms with Gasteiger partial charge in [-0.2, -0.15) is 0 Å². The van der Waals surface area contributed by atoms with Crippen LogP contribution < -0.4 is 0 Å². The van der Waals surface area contributed by atoms with Crippen molar-refractivity contribution in [3.05, 3.63) is 76.9 Å². The Morgan fingerprint density at radius 2 is 1.78 bits per heavy atom. The summed E-state index contributed by atoms with van der Waals surface area (Å²) in [6, 6.07) is 16.3. The number of allylic oxidation sites excluding steroid dienone is 1. The van der Waals surface area contributed by atoms with Crippen LogP contribution in [0.2, 0.25) is 0 Å². The summed E-state index contributed by atoms with van der Waals surface area (Å²) in [7, 11) is 0. The fraction of sp³-hybridized carbons (Fsp3) is 0.462. The van der Waals surface area contributed by atoms with Gasteiger partial charge in [0.25, 0.3) is 0 Å². The van der Waals surface area contributed by atoms with E-state index in [1.807, 2.05) is 0 Å². The highest BCUT2D eigenvalue weighted by molar-refractivity contribution is 5.71. The largest absolute Gasteiger partial charge is 0.299 e. The molecule has 2 aromatic rings. The minimum absolute atomic E-state index is 0.224. The van der Waals surface area contributed by atoms with Gasteiger partial charge in [0.1, 0.15) is 0 Å². The number of hydrogen-bond acceptors (Lipinski definition) is 1. The summed E-state index contributed by atoms with van der Waals surface area (Å²) in [5.41, 5.74) is 8.93. The van der Waals surface area contributed by atoms with Gasteiger partial charge in [0.2, 0.25) is 0 Å². The van der Waals surface area contributed by atoms with E-state index in [0.29, 0.717) is 0 Å². The van der Waals surface area contributed by atoms with Gasteiger partial charge < -0.3 is 0 Å². The van der Waals surface area contributed by atoms with Gasteiger partial charge in [-0.1, -0.05) is 69.8 Å². The molecule has 0 atom stereocenters. The quantitative estimate of drug-likeness (QED) is 0.619. The molecule has 1 heterocycles. The zero-order chi connectivity index (χ0) is 19.0. The molecule has 0 saturated carbocycles. The summed E-state index contributed by atoms with van der Waals surface area (Å²) in [4.78, 5) is 2.63. The van der Waals surface area contributed by atoms with Crippen molar-refractivity contribution in [2.45, 2.75) is 64.3 Å². The molecular formula is C26H33N. The van der Waals surface area contributed by atoms with E-state index in [0.717, 1.165) is 18.9 Å². The second-order valence-corrected chi connectivity index (χ2v) is 9.52. The summed E-state index contributed by atoms with van der Waals surface area (Å²) in [6.07, 6.45) is 4.88. The predicted molar refractivity (Wildman–Crippen MR) is 116 cm³/mol. The molecule has 1 heteroatoms. The highest BCUT2D eigenvalue weighted by atomic mass is 15.1. The molecule has 1 nitrogen and oxygen atoms in total. The summed E-state index contributed by atoms with van der Waals surface area (Å²) in [6.45, 7) is 14.6. The topological polar surface area (TPSA) is 3.24 Å². The van der Waals surface area contributed by atoms with E-state index in [1.165, 1.54) is 60.2 Å². The Kier molecular flexibility index (Phi) is 4.99. The Bertz CT molecular complexity index is 832. The molecule has 0 amide bonds. The van der Waals surface area contributed by atoms with E-state index in [2.05, 4.69) is 74.7 Å². The first-order valence-corrected chi connectivity index (χ1v) is 10.5. The summed E-state index contributed by atoms with van der Waals surface area (Å²) in [5.74, 6) is 0.723. The fourth-order valence-corrected chi connectivity index (χ4v) is 4.66. The van der Waals surface area contributed by atoms with Crippen molar-refractivity contribution in [3.8, 4) is 0 Å². The molecule has 4 rings (SSSR count). The first kappa shape index (κ1) is 18.5. The summed E-state index contributed by atoms with van der Waals surface area (Å²) >= 11 is 0. The lowest BCUT2D eigenvalue weighted by Gasteiger charge is -2.32. The number of hydrogen-bond donors (Lipinski definition) is 0. The lowest BCUT2D eigenvalue weighted by molar-refractivity contribution is 0.204. The van der Waals surface area contributed by atoms with Crippen LogP contribution in [0.25, 0.3) is 5.57 Å². The van der Waals surface area contributed by atoms with Gasteiger partial charge in [-0.3, -0.25) is 4.90 Å². The molecule has 2 aromatic carbocycles. The predicted octanol–water partition coefficient (Wildman–Crippen LogP) is 6.32. The zero-order valence-electron chi connectivity index (χ0n) is 17.2. The highest BCUT2D eigenvalue weighted by Gasteiger charge is 2.23. The molecule has 1 saturated heterocycles. The molecule has 0 N–H and O–H groups in total. The number of piperidine rings is 1. The zero-order valence-corrected chi connectivity index (χ0v) is 17.2. The van der Waals surface area contributed by atoms with Crippen molar-refractivity contribution in [1.29, 1.82) is 0 Å². The van der Waals surface area contributed by atoms with Crippen LogP contribution in [-0.4, -0.2) is 18.0 Å². The van der Waals surface area contributed by atoms with Crippen LogP contribution in [-0.2, 0) is 18.4 Å². The van der Waals surface area contributed by atoms with Gasteiger partial charge in [0.15, 0.2) is 0 Å². The van der Waals surface area contributed by atoms with Gasteiger partial charge in [0.05, 0.1) is 0 Å². The second kappa shape index (κ2) is 7.28. The lowest BCUT2D eigenvalue weighted by Crippen LogP contribution is -2.32. The maximum atomic E-state index is 4.20. The van der Waals surface area contributed by atoms with E-state index in [1.54, 1.807) is 5.56 Å². The normalized spacial score (nSPS) is 18.7. The van der Waals surface area contributed by atoms with Gasteiger partial charge in [0, 0.05) is 6.54 Å². The Hall–Kier alpha value is -1.86. The molecule has 0 bridgehead atoms. The van der Waals surface area contributed by atoms with E-state index in [4.69, 9.17) is 0 Å². The van der Waals surface area contributed by atoms with Gasteiger partial charge in [-0.15, -0.1) is 0 Å². The van der Waals surface area contributed by atoms with Crippen LogP contribution in [0.4, 0.5) is 0 Å². The van der Waals surface area contributed by atoms with Crippen molar-refractivity contribution in [2.24, 2.45) is 0 Å². The van der Waals surface area contributed by atoms with E-state index >= 15 is 0 Å². The molecule has 0 unspecified atom stereocenters.